The van der Waals surface area contributed by atoms with E-state index in [2.05, 4.69) is 34.5 Å². The molecule has 3 fully saturated rings. The molecule has 2 aromatic carbocycles. The van der Waals surface area contributed by atoms with Gasteiger partial charge < -0.3 is 14.4 Å². The van der Waals surface area contributed by atoms with Crippen LogP contribution in [-0.2, 0) is 27.4 Å². The number of amides is 3. The normalized spacial score (nSPS) is 23.5. The van der Waals surface area contributed by atoms with Crippen LogP contribution in [0.5, 0.6) is 5.75 Å². The lowest BCUT2D eigenvalue weighted by molar-refractivity contribution is -0.136. The van der Waals surface area contributed by atoms with Crippen molar-refractivity contribution in [1.82, 2.24) is 20.1 Å². The van der Waals surface area contributed by atoms with Crippen LogP contribution in [0, 0.1) is 0 Å². The number of nitrogens with zero attached hydrogens (tertiary/aromatic N) is 3. The van der Waals surface area contributed by atoms with Gasteiger partial charge in [0.25, 0.3) is 5.91 Å². The standard InChI is InChI=1S/C32H33ClN4O5/c33-30-20(1-5-27-25(30)4-6-26(34-27)19-10-13-41-14-11-19)16-36-12-9-23(18-36)42-22-2-3-24-21(15-22)17-37(32(24)40)28-7-8-29(38)35-31(28)39/h1-6,15,19,23,28H,7-14,16-18H2,(H,35,38,39)/t23-,28-/m0/s1. The maximum atomic E-state index is 13.0. The van der Waals surface area contributed by atoms with E-state index in [0.29, 0.717) is 30.2 Å². The van der Waals surface area contributed by atoms with Gasteiger partial charge in [0.1, 0.15) is 17.9 Å². The van der Waals surface area contributed by atoms with Gasteiger partial charge >= 0.3 is 0 Å². The third-order valence-corrected chi connectivity index (χ3v) is 9.41. The number of piperidine rings is 1. The molecule has 4 aliphatic rings. The van der Waals surface area contributed by atoms with Crippen LogP contribution in [0.2, 0.25) is 5.02 Å². The van der Waals surface area contributed by atoms with Crippen molar-refractivity contribution in [3.05, 3.63) is 69.9 Å². The number of rotatable bonds is 6. The molecule has 1 N–H and O–H groups in total. The molecule has 0 radical (unpaired) electrons. The van der Waals surface area contributed by atoms with Crippen LogP contribution >= 0.6 is 11.6 Å². The monoisotopic (exact) mass is 588 g/mol. The van der Waals surface area contributed by atoms with Crippen LogP contribution in [0.4, 0.5) is 0 Å². The van der Waals surface area contributed by atoms with E-state index in [0.717, 1.165) is 84.9 Å². The van der Waals surface area contributed by atoms with E-state index >= 15 is 0 Å². The smallest absolute Gasteiger partial charge is 0.255 e. The molecule has 2 atom stereocenters. The van der Waals surface area contributed by atoms with Crippen molar-refractivity contribution >= 4 is 40.2 Å². The third kappa shape index (κ3) is 5.25. The molecule has 0 aliphatic carbocycles. The first kappa shape index (κ1) is 27.3. The summed E-state index contributed by atoms with van der Waals surface area (Å²) in [5.41, 5.74) is 4.56. The van der Waals surface area contributed by atoms with Crippen molar-refractivity contribution in [1.29, 1.82) is 0 Å². The Morgan fingerprint density at radius 1 is 1.02 bits per heavy atom. The van der Waals surface area contributed by atoms with E-state index < -0.39 is 11.9 Å². The van der Waals surface area contributed by atoms with Gasteiger partial charge in [-0.25, -0.2) is 0 Å². The topological polar surface area (TPSA) is 101 Å². The Morgan fingerprint density at radius 2 is 1.88 bits per heavy atom. The number of hydrogen-bond donors (Lipinski definition) is 1. The number of benzene rings is 2. The van der Waals surface area contributed by atoms with E-state index in [4.69, 9.17) is 26.1 Å². The number of carbonyl (C=O) groups is 3. The molecule has 42 heavy (non-hydrogen) atoms. The fourth-order valence-corrected chi connectivity index (χ4v) is 6.95. The number of carbonyl (C=O) groups excluding carboxylic acids is 3. The highest BCUT2D eigenvalue weighted by Crippen LogP contribution is 2.33. The summed E-state index contributed by atoms with van der Waals surface area (Å²) in [7, 11) is 0. The zero-order valence-corrected chi connectivity index (χ0v) is 24.1. The number of halogens is 1. The molecule has 3 saturated heterocycles. The van der Waals surface area contributed by atoms with Gasteiger partial charge in [0.2, 0.25) is 11.8 Å². The predicted octanol–water partition coefficient (Wildman–Crippen LogP) is 4.20. The molecule has 0 bridgehead atoms. The Hall–Kier alpha value is -3.53. The van der Waals surface area contributed by atoms with Crippen LogP contribution in [0.3, 0.4) is 0 Å². The van der Waals surface area contributed by atoms with Crippen molar-refractivity contribution in [2.24, 2.45) is 0 Å². The molecule has 218 valence electrons. The summed E-state index contributed by atoms with van der Waals surface area (Å²) in [5.74, 6) is 0.284. The molecule has 0 saturated carbocycles. The molecule has 4 aliphatic heterocycles. The van der Waals surface area contributed by atoms with Gasteiger partial charge in [0, 0.05) is 68.4 Å². The molecule has 5 heterocycles. The van der Waals surface area contributed by atoms with Crippen molar-refractivity contribution in [3.63, 3.8) is 0 Å². The van der Waals surface area contributed by atoms with Gasteiger partial charge in [-0.3, -0.25) is 29.6 Å². The average molecular weight is 589 g/mol. The zero-order valence-electron chi connectivity index (χ0n) is 23.3. The van der Waals surface area contributed by atoms with Gasteiger partial charge in [-0.1, -0.05) is 17.7 Å². The van der Waals surface area contributed by atoms with Crippen molar-refractivity contribution in [2.75, 3.05) is 26.3 Å². The third-order valence-electron chi connectivity index (χ3n) is 8.97. The second-order valence-corrected chi connectivity index (χ2v) is 12.1. The van der Waals surface area contributed by atoms with Crippen LogP contribution in [0.25, 0.3) is 10.9 Å². The van der Waals surface area contributed by atoms with Gasteiger partial charge in [0.05, 0.1) is 10.5 Å². The number of ether oxygens (including phenoxy) is 2. The van der Waals surface area contributed by atoms with Crippen molar-refractivity contribution < 1.29 is 23.9 Å². The molecule has 0 unspecified atom stereocenters. The molecule has 9 nitrogen and oxygen atoms in total. The Balaban J connectivity index is 0.979. The SMILES string of the molecule is O=C1CC[C@H](N2Cc3cc(O[C@H]4CCN(Cc5ccc6nc(C7CCOCC7)ccc6c5Cl)C4)ccc3C2=O)C(=O)N1. The minimum Gasteiger partial charge on any atom is -0.489 e. The molecular formula is C32H33ClN4O5. The summed E-state index contributed by atoms with van der Waals surface area (Å²) < 4.78 is 11.8. The number of aromatic nitrogens is 1. The van der Waals surface area contributed by atoms with Gasteiger partial charge in [0.15, 0.2) is 0 Å². The van der Waals surface area contributed by atoms with Crippen LogP contribution in [0.15, 0.2) is 42.5 Å². The quantitative estimate of drug-likeness (QED) is 0.431. The van der Waals surface area contributed by atoms with E-state index in [-0.39, 0.29) is 24.3 Å². The number of fused-ring (bicyclic) bond motifs is 2. The summed E-state index contributed by atoms with van der Waals surface area (Å²) in [6.07, 6.45) is 3.51. The zero-order chi connectivity index (χ0) is 28.8. The van der Waals surface area contributed by atoms with Crippen LogP contribution in [0.1, 0.15) is 65.2 Å². The lowest BCUT2D eigenvalue weighted by Crippen LogP contribution is -2.52. The largest absolute Gasteiger partial charge is 0.489 e. The summed E-state index contributed by atoms with van der Waals surface area (Å²) in [4.78, 5) is 45.7. The van der Waals surface area contributed by atoms with E-state index in [1.54, 1.807) is 11.0 Å². The number of likely N-dealkylation sites (tertiary alicyclic amines) is 1. The summed E-state index contributed by atoms with van der Waals surface area (Å²) in [5, 5.41) is 4.08. The molecule has 1 aromatic heterocycles. The Morgan fingerprint density at radius 3 is 2.71 bits per heavy atom. The fourth-order valence-electron chi connectivity index (χ4n) is 6.67. The van der Waals surface area contributed by atoms with Crippen molar-refractivity contribution in [3.8, 4) is 5.75 Å². The maximum Gasteiger partial charge on any atom is 0.255 e. The van der Waals surface area contributed by atoms with E-state index in [9.17, 15) is 14.4 Å². The Labute approximate surface area is 249 Å². The summed E-state index contributed by atoms with van der Waals surface area (Å²) in [6, 6.07) is 13.3. The first-order valence-electron chi connectivity index (χ1n) is 14.8. The number of nitrogens with one attached hydrogen (secondary N) is 1. The van der Waals surface area contributed by atoms with E-state index in [1.807, 2.05) is 12.1 Å². The molecule has 10 heteroatoms. The maximum absolute atomic E-state index is 13.0. The summed E-state index contributed by atoms with van der Waals surface area (Å²) >= 11 is 6.88. The first-order chi connectivity index (χ1) is 20.4. The van der Waals surface area contributed by atoms with Crippen LogP contribution < -0.4 is 10.1 Å². The van der Waals surface area contributed by atoms with Gasteiger partial charge in [-0.05, 0) is 73.2 Å². The summed E-state index contributed by atoms with van der Waals surface area (Å²) in [6.45, 7) is 4.32. The first-order valence-corrected chi connectivity index (χ1v) is 15.1. The number of hydrogen-bond acceptors (Lipinski definition) is 7. The highest BCUT2D eigenvalue weighted by molar-refractivity contribution is 6.36. The van der Waals surface area contributed by atoms with Crippen LogP contribution in [-0.4, -0.2) is 71.0 Å². The highest BCUT2D eigenvalue weighted by Gasteiger charge is 2.39. The fraction of sp³-hybridized carbons (Fsp3) is 0.438. The molecule has 3 amide bonds. The van der Waals surface area contributed by atoms with Crippen molar-refractivity contribution in [2.45, 2.75) is 63.3 Å². The number of pyridine rings is 1. The highest BCUT2D eigenvalue weighted by atomic mass is 35.5. The van der Waals surface area contributed by atoms with Gasteiger partial charge in [-0.15, -0.1) is 0 Å². The molecule has 0 spiro atoms. The molecule has 7 rings (SSSR count). The number of imide groups is 1. The Kier molecular flexibility index (Phi) is 7.34. The van der Waals surface area contributed by atoms with Gasteiger partial charge in [-0.2, -0.15) is 0 Å². The minimum absolute atomic E-state index is 0.0225. The second-order valence-electron chi connectivity index (χ2n) is 11.7. The molecular weight excluding hydrogens is 556 g/mol. The Bertz CT molecular complexity index is 1570. The lowest BCUT2D eigenvalue weighted by atomic mass is 9.95. The average Bonchev–Trinajstić information content (AvgIpc) is 3.58. The lowest BCUT2D eigenvalue weighted by Gasteiger charge is -2.29. The molecule has 3 aromatic rings. The predicted molar refractivity (Wildman–Crippen MR) is 156 cm³/mol. The minimum atomic E-state index is -0.623. The van der Waals surface area contributed by atoms with E-state index in [1.165, 1.54) is 0 Å². The second kappa shape index (κ2) is 11.3.